The molecule has 0 amide bonds. The van der Waals surface area contributed by atoms with Crippen LogP contribution in [0.25, 0.3) is 0 Å². The zero-order valence-corrected chi connectivity index (χ0v) is 21.2. The SMILES string of the molecule is CC[C@@]1(O)C[C@H](O[C@H]2C[C@H](N)[C@H](O)[C@H](C)O2)c2c(O)c3c(c(O)c2C1O)C(=O)c1cccc(OC)c1C3=O. The molecular weight excluding hydrogens is 498 g/mol. The molecule has 1 fully saturated rings. The molecule has 3 aliphatic rings. The van der Waals surface area contributed by atoms with Crippen LogP contribution in [0.5, 0.6) is 17.2 Å². The van der Waals surface area contributed by atoms with Crippen LogP contribution in [-0.2, 0) is 9.47 Å². The van der Waals surface area contributed by atoms with Crippen LogP contribution >= 0.6 is 0 Å². The fraction of sp³-hybridized carbons (Fsp3) is 0.481. The molecule has 0 aromatic heterocycles. The first-order valence-corrected chi connectivity index (χ1v) is 12.5. The first-order valence-electron chi connectivity index (χ1n) is 12.5. The van der Waals surface area contributed by atoms with Crippen LogP contribution in [0.15, 0.2) is 18.2 Å². The van der Waals surface area contributed by atoms with Gasteiger partial charge in [-0.2, -0.15) is 0 Å². The number of aliphatic hydroxyl groups excluding tert-OH is 2. The van der Waals surface area contributed by atoms with Gasteiger partial charge in [0.2, 0.25) is 5.78 Å². The Hall–Kier alpha value is -3.06. The van der Waals surface area contributed by atoms with Crippen LogP contribution in [0.4, 0.5) is 0 Å². The molecule has 7 N–H and O–H groups in total. The molecule has 0 radical (unpaired) electrons. The van der Waals surface area contributed by atoms with E-state index in [1.54, 1.807) is 13.8 Å². The Labute approximate surface area is 218 Å². The lowest BCUT2D eigenvalue weighted by atomic mass is 9.70. The van der Waals surface area contributed by atoms with Gasteiger partial charge in [-0.1, -0.05) is 19.1 Å². The molecule has 7 atom stereocenters. The van der Waals surface area contributed by atoms with Crippen molar-refractivity contribution in [2.45, 2.75) is 75.5 Å². The maximum Gasteiger partial charge on any atom is 0.202 e. The van der Waals surface area contributed by atoms with Crippen molar-refractivity contribution >= 4 is 11.6 Å². The third-order valence-electron chi connectivity index (χ3n) is 8.02. The van der Waals surface area contributed by atoms with Gasteiger partial charge in [0.15, 0.2) is 12.1 Å². The number of benzene rings is 2. The van der Waals surface area contributed by atoms with E-state index in [-0.39, 0.29) is 47.3 Å². The Kier molecular flexibility index (Phi) is 6.49. The number of carbonyl (C=O) groups excluding carboxylic acids is 2. The third-order valence-corrected chi connectivity index (χ3v) is 8.02. The van der Waals surface area contributed by atoms with Gasteiger partial charge in [-0.15, -0.1) is 0 Å². The number of phenolic OH excluding ortho intramolecular Hbond substituents is 2. The molecule has 38 heavy (non-hydrogen) atoms. The van der Waals surface area contributed by atoms with Gasteiger partial charge in [0.1, 0.15) is 23.4 Å². The second-order valence-electron chi connectivity index (χ2n) is 10.2. The fourth-order valence-corrected chi connectivity index (χ4v) is 5.80. The van der Waals surface area contributed by atoms with Gasteiger partial charge in [0.25, 0.3) is 0 Å². The summed E-state index contributed by atoms with van der Waals surface area (Å²) in [6.07, 6.45) is -5.53. The Bertz CT molecular complexity index is 1310. The number of hydrogen-bond donors (Lipinski definition) is 6. The van der Waals surface area contributed by atoms with E-state index in [0.29, 0.717) is 0 Å². The van der Waals surface area contributed by atoms with Crippen LogP contribution in [0.2, 0.25) is 0 Å². The maximum absolute atomic E-state index is 13.7. The molecule has 11 heteroatoms. The summed E-state index contributed by atoms with van der Waals surface area (Å²) in [5.74, 6) is -2.76. The van der Waals surface area contributed by atoms with E-state index < -0.39 is 76.5 Å². The zero-order chi connectivity index (χ0) is 27.7. The zero-order valence-electron chi connectivity index (χ0n) is 21.2. The van der Waals surface area contributed by atoms with Crippen molar-refractivity contribution in [3.8, 4) is 17.2 Å². The molecule has 2 aromatic rings. The van der Waals surface area contributed by atoms with Gasteiger partial charge in [-0.05, 0) is 19.4 Å². The number of fused-ring (bicyclic) bond motifs is 3. The van der Waals surface area contributed by atoms with E-state index in [9.17, 15) is 35.1 Å². The summed E-state index contributed by atoms with van der Waals surface area (Å²) in [6.45, 7) is 3.25. The maximum atomic E-state index is 13.7. The van der Waals surface area contributed by atoms with Gasteiger partial charge in [-0.3, -0.25) is 9.59 Å². The average Bonchev–Trinajstić information content (AvgIpc) is 2.89. The number of phenols is 2. The van der Waals surface area contributed by atoms with Crippen molar-refractivity contribution in [3.63, 3.8) is 0 Å². The summed E-state index contributed by atoms with van der Waals surface area (Å²) < 4.78 is 17.1. The largest absolute Gasteiger partial charge is 0.507 e. The minimum Gasteiger partial charge on any atom is -0.507 e. The lowest BCUT2D eigenvalue weighted by Gasteiger charge is -2.44. The molecular formula is C27H31NO10. The average molecular weight is 530 g/mol. The lowest BCUT2D eigenvalue weighted by molar-refractivity contribution is -0.252. The third kappa shape index (κ3) is 3.73. The van der Waals surface area contributed by atoms with Crippen LogP contribution in [0, 0.1) is 0 Å². The number of methoxy groups -OCH3 is 1. The quantitative estimate of drug-likeness (QED) is 0.268. The minimum atomic E-state index is -1.80. The van der Waals surface area contributed by atoms with Crippen LogP contribution < -0.4 is 10.5 Å². The van der Waals surface area contributed by atoms with Crippen LogP contribution in [0.3, 0.4) is 0 Å². The van der Waals surface area contributed by atoms with Crippen LogP contribution in [0.1, 0.15) is 88.3 Å². The monoisotopic (exact) mass is 529 g/mol. The highest BCUT2D eigenvalue weighted by Crippen LogP contribution is 2.56. The summed E-state index contributed by atoms with van der Waals surface area (Å²) in [5.41, 5.74) is 2.77. The Balaban J connectivity index is 1.70. The molecule has 0 bridgehead atoms. The van der Waals surface area contributed by atoms with E-state index in [1.165, 1.54) is 25.3 Å². The summed E-state index contributed by atoms with van der Waals surface area (Å²) >= 11 is 0. The molecule has 204 valence electrons. The number of aliphatic hydroxyl groups is 3. The molecule has 5 rings (SSSR count). The molecule has 1 heterocycles. The first-order chi connectivity index (χ1) is 17.9. The van der Waals surface area contributed by atoms with Crippen molar-refractivity contribution < 1.29 is 49.3 Å². The van der Waals surface area contributed by atoms with Crippen molar-refractivity contribution in [1.82, 2.24) is 0 Å². The summed E-state index contributed by atoms with van der Waals surface area (Å²) in [4.78, 5) is 27.2. The number of ether oxygens (including phenoxy) is 3. The number of carbonyl (C=O) groups is 2. The van der Waals surface area contributed by atoms with E-state index in [2.05, 4.69) is 0 Å². The molecule has 1 aliphatic heterocycles. The van der Waals surface area contributed by atoms with Gasteiger partial charge >= 0.3 is 0 Å². The summed E-state index contributed by atoms with van der Waals surface area (Å²) in [5, 5.41) is 55.5. The van der Waals surface area contributed by atoms with Gasteiger partial charge < -0.3 is 45.5 Å². The predicted octanol–water partition coefficient (Wildman–Crippen LogP) is 1.34. The topological polar surface area (TPSA) is 189 Å². The predicted molar refractivity (Wildman–Crippen MR) is 131 cm³/mol. The Morgan fingerprint density at radius 2 is 1.74 bits per heavy atom. The lowest BCUT2D eigenvalue weighted by Crippen LogP contribution is -2.52. The molecule has 2 aliphatic carbocycles. The molecule has 1 saturated heterocycles. The molecule has 0 saturated carbocycles. The number of ketones is 2. The van der Waals surface area contributed by atoms with Crippen molar-refractivity contribution in [1.29, 1.82) is 0 Å². The van der Waals surface area contributed by atoms with Crippen molar-refractivity contribution in [3.05, 3.63) is 51.6 Å². The standard InChI is InChI=1S/C27H31NO10/c1-4-27(35)9-14(38-15-8-12(28)21(29)10(2)37-15)17-20(26(27)34)25(33)18-19(24(17)32)23(31)16-11(22(18)30)6-5-7-13(16)36-3/h5-7,10,12,14-15,21,26,29,32-35H,4,8-9,28H2,1-3H3/t10-,12-,14-,15-,21+,26?,27+/m0/s1. The number of hydrogen-bond acceptors (Lipinski definition) is 11. The Morgan fingerprint density at radius 3 is 2.37 bits per heavy atom. The molecule has 0 spiro atoms. The van der Waals surface area contributed by atoms with Gasteiger partial charge in [-0.25, -0.2) is 0 Å². The minimum absolute atomic E-state index is 0.0301. The van der Waals surface area contributed by atoms with Crippen LogP contribution in [-0.4, -0.2) is 74.3 Å². The summed E-state index contributed by atoms with van der Waals surface area (Å²) in [7, 11) is 1.34. The molecule has 1 unspecified atom stereocenters. The fourth-order valence-electron chi connectivity index (χ4n) is 5.80. The van der Waals surface area contributed by atoms with Gasteiger partial charge in [0.05, 0.1) is 47.7 Å². The smallest absolute Gasteiger partial charge is 0.202 e. The second-order valence-corrected chi connectivity index (χ2v) is 10.2. The van der Waals surface area contributed by atoms with Crippen molar-refractivity contribution in [2.75, 3.05) is 7.11 Å². The van der Waals surface area contributed by atoms with E-state index in [4.69, 9.17) is 19.9 Å². The van der Waals surface area contributed by atoms with E-state index in [0.717, 1.165) is 0 Å². The highest BCUT2D eigenvalue weighted by atomic mass is 16.7. The molecule has 11 nitrogen and oxygen atoms in total. The van der Waals surface area contributed by atoms with E-state index >= 15 is 0 Å². The second kappa shape index (κ2) is 9.30. The highest BCUT2D eigenvalue weighted by molar-refractivity contribution is 6.31. The number of nitrogens with two attached hydrogens (primary N) is 1. The van der Waals surface area contributed by atoms with Gasteiger partial charge in [0, 0.05) is 35.6 Å². The van der Waals surface area contributed by atoms with Crippen molar-refractivity contribution in [2.24, 2.45) is 5.73 Å². The van der Waals surface area contributed by atoms with E-state index in [1.807, 2.05) is 0 Å². The normalized spacial score (nSPS) is 32.4. The Morgan fingerprint density at radius 1 is 1.08 bits per heavy atom. The number of rotatable bonds is 4. The summed E-state index contributed by atoms with van der Waals surface area (Å²) in [6, 6.07) is 3.75. The number of aromatic hydroxyl groups is 2. The molecule has 2 aromatic carbocycles. The highest BCUT2D eigenvalue weighted by Gasteiger charge is 2.51. The first kappa shape index (κ1) is 26.5.